The van der Waals surface area contributed by atoms with Crippen molar-refractivity contribution in [2.45, 2.75) is 56.9 Å². The van der Waals surface area contributed by atoms with Crippen LogP contribution in [0.3, 0.4) is 0 Å². The predicted octanol–water partition coefficient (Wildman–Crippen LogP) is 0.243. The highest BCUT2D eigenvalue weighted by Gasteiger charge is 2.60. The van der Waals surface area contributed by atoms with Gasteiger partial charge in [-0.15, -0.1) is 0 Å². The number of amides is 2. The van der Waals surface area contributed by atoms with Gasteiger partial charge < -0.3 is 36.6 Å². The maximum Gasteiger partial charge on any atom is 0.255 e. The number of likely N-dealkylation sites (N-methyl/N-ethyl adjacent to an activating group) is 1. The van der Waals surface area contributed by atoms with Gasteiger partial charge in [0.15, 0.2) is 17.1 Å². The summed E-state index contributed by atoms with van der Waals surface area (Å²) in [7, 11) is 1.51. The molecule has 3 aliphatic carbocycles. The monoisotopic (exact) mass is 545 g/mol. The first-order chi connectivity index (χ1) is 18.2. The largest absolute Gasteiger partial charge is 0.511 e. The van der Waals surface area contributed by atoms with Crippen LogP contribution >= 0.6 is 0 Å². The van der Waals surface area contributed by atoms with Crippen LogP contribution in [-0.2, 0) is 27.3 Å². The van der Waals surface area contributed by atoms with Gasteiger partial charge in [-0.1, -0.05) is 6.92 Å². The molecule has 1 aromatic carbocycles. The summed E-state index contributed by atoms with van der Waals surface area (Å²) in [5.41, 5.74) is -0.0400. The minimum absolute atomic E-state index is 0.0933. The van der Waals surface area contributed by atoms with E-state index in [2.05, 4.69) is 5.32 Å². The Hall–Kier alpha value is -3.81. The Bertz CT molecular complexity index is 1430. The number of hydrogen-bond donors (Lipinski definition) is 7. The second kappa shape index (κ2) is 8.86. The number of hydrogen-bond acceptors (Lipinski definition) is 10. The molecule has 1 aliphatic heterocycles. The van der Waals surface area contributed by atoms with Crippen LogP contribution in [0.4, 0.5) is 10.1 Å². The van der Waals surface area contributed by atoms with Crippen LogP contribution in [0.1, 0.15) is 47.7 Å². The van der Waals surface area contributed by atoms with Crippen molar-refractivity contribution in [1.29, 1.82) is 0 Å². The number of phenolic OH excluding ortho intramolecular Hbond substituents is 1. The van der Waals surface area contributed by atoms with Crippen molar-refractivity contribution in [2.75, 3.05) is 12.4 Å². The molecule has 2 unspecified atom stereocenters. The average Bonchev–Trinajstić information content (AvgIpc) is 2.99. The minimum Gasteiger partial charge on any atom is -0.511 e. The molecule has 4 aliphatic rings. The van der Waals surface area contributed by atoms with E-state index in [-0.39, 0.29) is 42.6 Å². The number of halogens is 1. The fourth-order valence-electron chi connectivity index (χ4n) is 6.49. The highest BCUT2D eigenvalue weighted by Crippen LogP contribution is 2.53. The Kier molecular flexibility index (Phi) is 6.09. The number of fused-ring (bicyclic) bond motifs is 4. The van der Waals surface area contributed by atoms with Crippen molar-refractivity contribution >= 4 is 29.1 Å². The van der Waals surface area contributed by atoms with Crippen LogP contribution in [0.5, 0.6) is 5.75 Å². The summed E-state index contributed by atoms with van der Waals surface area (Å²) in [6, 6.07) is -1.06. The second-order valence-corrected chi connectivity index (χ2v) is 10.6. The zero-order valence-electron chi connectivity index (χ0n) is 21.1. The van der Waals surface area contributed by atoms with Crippen LogP contribution < -0.4 is 11.1 Å². The molecule has 0 radical (unpaired) electrons. The first-order valence-electron chi connectivity index (χ1n) is 12.5. The Morgan fingerprint density at radius 1 is 1.21 bits per heavy atom. The van der Waals surface area contributed by atoms with Gasteiger partial charge in [0.2, 0.25) is 11.7 Å². The van der Waals surface area contributed by atoms with Crippen molar-refractivity contribution < 1.29 is 49.1 Å². The number of rotatable bonds is 3. The number of anilines is 1. The number of Topliss-reactive ketones (excluding diaryl/α,β-unsaturated/α-hetero) is 2. The van der Waals surface area contributed by atoms with Gasteiger partial charge in [0.1, 0.15) is 29.0 Å². The van der Waals surface area contributed by atoms with Gasteiger partial charge in [-0.3, -0.25) is 24.1 Å². The highest BCUT2D eigenvalue weighted by atomic mass is 19.1. The van der Waals surface area contributed by atoms with Crippen LogP contribution in [0.15, 0.2) is 22.7 Å². The number of aliphatic hydroxyl groups is 4. The summed E-state index contributed by atoms with van der Waals surface area (Å²) in [6.45, 7) is 1.49. The SMILES string of the molecule is CC[C@@H](O)C1C(=O)Nc2c(O)c3c(c(F)c2CN1C)CC1C[C@H]2CC(O)=C(C(N)=O)C(=O)[C@@]2(O)C(O)=C1C3=O. The van der Waals surface area contributed by atoms with Crippen molar-refractivity contribution in [1.82, 2.24) is 4.90 Å². The van der Waals surface area contributed by atoms with E-state index >= 15 is 4.39 Å². The Balaban J connectivity index is 1.66. The number of ketones is 2. The number of aliphatic hydroxyl groups excluding tert-OH is 3. The molecule has 208 valence electrons. The predicted molar refractivity (Wildman–Crippen MR) is 131 cm³/mol. The van der Waals surface area contributed by atoms with E-state index in [4.69, 9.17) is 5.73 Å². The van der Waals surface area contributed by atoms with Crippen LogP contribution in [0.2, 0.25) is 0 Å². The van der Waals surface area contributed by atoms with Gasteiger partial charge in [0.05, 0.1) is 17.4 Å². The lowest BCUT2D eigenvalue weighted by Gasteiger charge is -2.45. The maximum atomic E-state index is 16.0. The molecule has 0 aromatic heterocycles. The molecular formula is C26H28FN3O9. The zero-order valence-corrected chi connectivity index (χ0v) is 21.1. The van der Waals surface area contributed by atoms with Crippen LogP contribution in [0, 0.1) is 17.7 Å². The van der Waals surface area contributed by atoms with Crippen LogP contribution in [0.25, 0.3) is 0 Å². The third-order valence-electron chi connectivity index (χ3n) is 8.44. The molecule has 12 nitrogen and oxygen atoms in total. The van der Waals surface area contributed by atoms with E-state index in [1.807, 2.05) is 0 Å². The normalized spacial score (nSPS) is 29.7. The number of nitrogens with two attached hydrogens (primary N) is 1. The first kappa shape index (κ1) is 26.8. The number of nitrogens with one attached hydrogen (secondary N) is 1. The Morgan fingerprint density at radius 3 is 2.49 bits per heavy atom. The number of allylic oxidation sites excluding steroid dienone is 2. The summed E-state index contributed by atoms with van der Waals surface area (Å²) in [5.74, 6) is -9.83. The highest BCUT2D eigenvalue weighted by molar-refractivity contribution is 6.24. The van der Waals surface area contributed by atoms with Gasteiger partial charge in [-0.05, 0) is 32.2 Å². The quantitative estimate of drug-likeness (QED) is 0.203. The molecule has 0 saturated heterocycles. The molecular weight excluding hydrogens is 517 g/mol. The molecule has 5 rings (SSSR count). The number of phenols is 1. The lowest BCUT2D eigenvalue weighted by Crippen LogP contribution is -2.57. The van der Waals surface area contributed by atoms with E-state index < -0.39 is 99.2 Å². The second-order valence-electron chi connectivity index (χ2n) is 10.6. The van der Waals surface area contributed by atoms with Gasteiger partial charge >= 0.3 is 0 Å². The van der Waals surface area contributed by atoms with E-state index in [0.717, 1.165) is 0 Å². The van der Waals surface area contributed by atoms with Crippen molar-refractivity contribution in [3.05, 3.63) is 45.2 Å². The number of carbonyl (C=O) groups excluding carboxylic acids is 4. The van der Waals surface area contributed by atoms with E-state index in [0.29, 0.717) is 0 Å². The molecule has 0 spiro atoms. The molecule has 0 bridgehead atoms. The zero-order chi connectivity index (χ0) is 28.7. The molecule has 39 heavy (non-hydrogen) atoms. The summed E-state index contributed by atoms with van der Waals surface area (Å²) in [5, 5.41) is 56.6. The van der Waals surface area contributed by atoms with Gasteiger partial charge in [0.25, 0.3) is 5.91 Å². The Morgan fingerprint density at radius 2 is 1.87 bits per heavy atom. The number of benzene rings is 1. The lowest BCUT2D eigenvalue weighted by molar-refractivity contribution is -0.144. The number of primary amides is 1. The van der Waals surface area contributed by atoms with Crippen molar-refractivity contribution in [2.24, 2.45) is 17.6 Å². The van der Waals surface area contributed by atoms with E-state index in [1.165, 1.54) is 11.9 Å². The average molecular weight is 546 g/mol. The summed E-state index contributed by atoms with van der Waals surface area (Å²) in [4.78, 5) is 52.9. The number of carbonyl (C=O) groups is 4. The van der Waals surface area contributed by atoms with Crippen molar-refractivity contribution in [3.63, 3.8) is 0 Å². The maximum absolute atomic E-state index is 16.0. The molecule has 0 fully saturated rings. The topological polar surface area (TPSA) is 211 Å². The molecule has 5 atom stereocenters. The fraction of sp³-hybridized carbons (Fsp3) is 0.462. The number of aromatic hydroxyl groups is 1. The van der Waals surface area contributed by atoms with Crippen molar-refractivity contribution in [3.8, 4) is 5.75 Å². The third kappa shape index (κ3) is 3.53. The third-order valence-corrected chi connectivity index (χ3v) is 8.44. The summed E-state index contributed by atoms with van der Waals surface area (Å²) < 4.78 is 16.0. The smallest absolute Gasteiger partial charge is 0.255 e. The molecule has 1 aromatic rings. The number of nitrogens with zero attached hydrogens (tertiary/aromatic N) is 1. The molecule has 0 saturated carbocycles. The summed E-state index contributed by atoms with van der Waals surface area (Å²) in [6.07, 6.45) is -1.61. The standard InChI is InChI=1S/C26H28FN3O9/c1-3-12(31)19-25(38)29-18-11(7-30(19)2)17(27)10-5-8-4-9-6-13(32)16(24(28)37)23(36)26(9,39)22(35)14(8)20(33)15(10)21(18)34/h8-9,12,19,31-32,34-35,39H,3-7H2,1-2H3,(H2,28,37)(H,29,38)/t8?,9-,12+,19?,26-/m0/s1. The van der Waals surface area contributed by atoms with Gasteiger partial charge in [-0.2, -0.15) is 0 Å². The summed E-state index contributed by atoms with van der Waals surface area (Å²) >= 11 is 0. The Labute approximate surface area is 221 Å². The van der Waals surface area contributed by atoms with Crippen LogP contribution in [-0.4, -0.2) is 78.6 Å². The molecule has 2 amide bonds. The van der Waals surface area contributed by atoms with Gasteiger partial charge in [-0.25, -0.2) is 4.39 Å². The molecule has 1 heterocycles. The van der Waals surface area contributed by atoms with Gasteiger partial charge in [0, 0.05) is 35.6 Å². The van der Waals surface area contributed by atoms with E-state index in [9.17, 15) is 44.7 Å². The lowest BCUT2D eigenvalue weighted by atomic mass is 9.60. The first-order valence-corrected chi connectivity index (χ1v) is 12.5. The van der Waals surface area contributed by atoms with E-state index in [1.54, 1.807) is 6.92 Å². The fourth-order valence-corrected chi connectivity index (χ4v) is 6.49. The molecule has 8 N–H and O–H groups in total. The minimum atomic E-state index is -2.74. The molecule has 13 heteroatoms.